The first-order valence-electron chi connectivity index (χ1n) is 9.63. The first-order chi connectivity index (χ1) is 14.8. The van der Waals surface area contributed by atoms with Gasteiger partial charge in [0.2, 0.25) is 0 Å². The number of hydrogen-bond acceptors (Lipinski definition) is 3. The van der Waals surface area contributed by atoms with E-state index in [4.69, 9.17) is 27.9 Å². The summed E-state index contributed by atoms with van der Waals surface area (Å²) in [6.07, 6.45) is 0. The number of benzene rings is 3. The quantitative estimate of drug-likeness (QED) is 0.456. The van der Waals surface area contributed by atoms with Crippen LogP contribution in [0.3, 0.4) is 0 Å². The molecule has 0 saturated heterocycles. The van der Waals surface area contributed by atoms with E-state index in [-0.39, 0.29) is 23.0 Å². The lowest BCUT2D eigenvalue weighted by Crippen LogP contribution is -2.23. The zero-order valence-electron chi connectivity index (χ0n) is 17.0. The molecule has 160 valence electrons. The summed E-state index contributed by atoms with van der Waals surface area (Å²) in [5.41, 5.74) is 3.60. The van der Waals surface area contributed by atoms with Crippen molar-refractivity contribution in [1.29, 1.82) is 0 Å². The van der Waals surface area contributed by atoms with E-state index in [0.29, 0.717) is 28.5 Å². The molecular weight excluding hydrogens is 437 g/mol. The Morgan fingerprint density at radius 2 is 1.68 bits per heavy atom. The molecule has 0 radical (unpaired) electrons. The zero-order chi connectivity index (χ0) is 22.5. The minimum absolute atomic E-state index is 0.207. The highest BCUT2D eigenvalue weighted by molar-refractivity contribution is 6.36. The minimum atomic E-state index is -0.974. The zero-order valence-corrected chi connectivity index (χ0v) is 18.6. The molecule has 3 aromatic carbocycles. The first kappa shape index (κ1) is 22.7. The second kappa shape index (κ2) is 9.86. The van der Waals surface area contributed by atoms with Gasteiger partial charge in [-0.2, -0.15) is 0 Å². The number of aromatic carboxylic acids is 1. The van der Waals surface area contributed by atoms with Crippen molar-refractivity contribution in [2.24, 2.45) is 0 Å². The Hall–Kier alpha value is -3.02. The van der Waals surface area contributed by atoms with E-state index in [9.17, 15) is 14.7 Å². The average molecular weight is 458 g/mol. The predicted molar refractivity (Wildman–Crippen MR) is 122 cm³/mol. The van der Waals surface area contributed by atoms with Crippen LogP contribution in [0.1, 0.15) is 38.8 Å². The number of hydrogen-bond donors (Lipinski definition) is 2. The monoisotopic (exact) mass is 457 g/mol. The lowest BCUT2D eigenvalue weighted by atomic mass is 9.98. The molecule has 0 aliphatic rings. The van der Waals surface area contributed by atoms with Crippen LogP contribution in [0.15, 0.2) is 54.6 Å². The summed E-state index contributed by atoms with van der Waals surface area (Å²) in [6.45, 7) is 4.31. The van der Waals surface area contributed by atoms with E-state index in [2.05, 4.69) is 5.32 Å². The molecule has 7 heteroatoms. The van der Waals surface area contributed by atoms with Crippen molar-refractivity contribution in [3.63, 3.8) is 0 Å². The fourth-order valence-corrected chi connectivity index (χ4v) is 3.66. The van der Waals surface area contributed by atoms with E-state index in [1.807, 2.05) is 31.2 Å². The second-order valence-electron chi connectivity index (χ2n) is 6.90. The van der Waals surface area contributed by atoms with Crippen molar-refractivity contribution in [1.82, 2.24) is 5.32 Å². The van der Waals surface area contributed by atoms with Gasteiger partial charge in [-0.25, -0.2) is 4.79 Å². The number of carbonyl (C=O) groups excluding carboxylic acids is 1. The van der Waals surface area contributed by atoms with Crippen LogP contribution in [0.5, 0.6) is 5.75 Å². The van der Waals surface area contributed by atoms with Gasteiger partial charge in [0.25, 0.3) is 5.91 Å². The van der Waals surface area contributed by atoms with Crippen LogP contribution in [0.2, 0.25) is 10.0 Å². The molecule has 3 rings (SSSR count). The average Bonchev–Trinajstić information content (AvgIpc) is 2.73. The van der Waals surface area contributed by atoms with Gasteiger partial charge >= 0.3 is 5.97 Å². The molecule has 0 fully saturated rings. The molecule has 0 unspecified atom stereocenters. The van der Waals surface area contributed by atoms with Gasteiger partial charge in [-0.05, 0) is 66.9 Å². The van der Waals surface area contributed by atoms with Crippen molar-refractivity contribution in [3.05, 3.63) is 86.9 Å². The van der Waals surface area contributed by atoms with Gasteiger partial charge in [-0.15, -0.1) is 0 Å². The molecule has 0 atom stereocenters. The fourth-order valence-electron chi connectivity index (χ4n) is 3.17. The fraction of sp³-hybridized carbons (Fsp3) is 0.167. The van der Waals surface area contributed by atoms with Crippen LogP contribution in [-0.2, 0) is 6.54 Å². The summed E-state index contributed by atoms with van der Waals surface area (Å²) in [5, 5.41) is 13.0. The summed E-state index contributed by atoms with van der Waals surface area (Å²) in [6, 6.07) is 15.5. The van der Waals surface area contributed by atoms with E-state index in [0.717, 1.165) is 16.7 Å². The highest BCUT2D eigenvalue weighted by atomic mass is 35.5. The number of nitrogens with one attached hydrogen (secondary N) is 1. The van der Waals surface area contributed by atoms with E-state index in [1.54, 1.807) is 31.2 Å². The molecule has 2 N–H and O–H groups in total. The maximum Gasteiger partial charge on any atom is 0.335 e. The van der Waals surface area contributed by atoms with Crippen LogP contribution in [0.25, 0.3) is 11.1 Å². The van der Waals surface area contributed by atoms with Crippen LogP contribution in [0.4, 0.5) is 0 Å². The first-order valence-corrected chi connectivity index (χ1v) is 10.4. The normalized spacial score (nSPS) is 10.6. The summed E-state index contributed by atoms with van der Waals surface area (Å²) in [5.74, 6) is -0.671. The van der Waals surface area contributed by atoms with Crippen molar-refractivity contribution in [2.45, 2.75) is 20.4 Å². The molecule has 0 bridgehead atoms. The Morgan fingerprint density at radius 3 is 2.35 bits per heavy atom. The molecule has 0 heterocycles. The van der Waals surface area contributed by atoms with Crippen LogP contribution < -0.4 is 10.1 Å². The summed E-state index contributed by atoms with van der Waals surface area (Å²) < 4.78 is 5.70. The summed E-state index contributed by atoms with van der Waals surface area (Å²) in [4.78, 5) is 24.1. The smallest absolute Gasteiger partial charge is 0.335 e. The van der Waals surface area contributed by atoms with Gasteiger partial charge < -0.3 is 15.2 Å². The number of carboxylic acids is 1. The molecule has 31 heavy (non-hydrogen) atoms. The van der Waals surface area contributed by atoms with Crippen LogP contribution >= 0.6 is 23.2 Å². The Balaban J connectivity index is 1.89. The van der Waals surface area contributed by atoms with Crippen molar-refractivity contribution in [3.8, 4) is 16.9 Å². The van der Waals surface area contributed by atoms with Gasteiger partial charge in [0.15, 0.2) is 0 Å². The number of ether oxygens (including phenoxy) is 1. The molecule has 1 amide bonds. The molecule has 0 aromatic heterocycles. The number of carboxylic acid groups (broad SMARTS) is 1. The van der Waals surface area contributed by atoms with Gasteiger partial charge in [0.1, 0.15) is 5.75 Å². The lowest BCUT2D eigenvalue weighted by molar-refractivity contribution is 0.0696. The number of halogens is 2. The van der Waals surface area contributed by atoms with Crippen molar-refractivity contribution >= 4 is 35.1 Å². The number of amides is 1. The van der Waals surface area contributed by atoms with Crippen LogP contribution in [-0.4, -0.2) is 23.6 Å². The minimum Gasteiger partial charge on any atom is -0.494 e. The Morgan fingerprint density at radius 1 is 0.968 bits per heavy atom. The summed E-state index contributed by atoms with van der Waals surface area (Å²) in [7, 11) is 0. The number of rotatable bonds is 7. The maximum atomic E-state index is 12.6. The van der Waals surface area contributed by atoms with Crippen molar-refractivity contribution < 1.29 is 19.4 Å². The molecule has 5 nitrogen and oxygen atoms in total. The molecule has 0 saturated carbocycles. The Labute approximate surface area is 190 Å². The van der Waals surface area contributed by atoms with E-state index in [1.165, 1.54) is 6.07 Å². The van der Waals surface area contributed by atoms with Gasteiger partial charge in [-0.3, -0.25) is 4.79 Å². The highest BCUT2D eigenvalue weighted by Gasteiger charge is 2.14. The van der Waals surface area contributed by atoms with Gasteiger partial charge in [-0.1, -0.05) is 41.4 Å². The summed E-state index contributed by atoms with van der Waals surface area (Å²) >= 11 is 12.0. The predicted octanol–water partition coefficient (Wildman–Crippen LogP) is 6.00. The number of aryl methyl sites for hydroxylation is 1. The topological polar surface area (TPSA) is 75.6 Å². The molecule has 3 aromatic rings. The van der Waals surface area contributed by atoms with Gasteiger partial charge in [0.05, 0.1) is 22.8 Å². The molecular formula is C24H21Cl2NO4. The number of carbonyl (C=O) groups is 2. The van der Waals surface area contributed by atoms with Crippen molar-refractivity contribution in [2.75, 3.05) is 6.61 Å². The molecule has 0 aliphatic carbocycles. The van der Waals surface area contributed by atoms with E-state index >= 15 is 0 Å². The lowest BCUT2D eigenvalue weighted by Gasteiger charge is -2.14. The van der Waals surface area contributed by atoms with E-state index < -0.39 is 5.97 Å². The third kappa shape index (κ3) is 5.37. The maximum absolute atomic E-state index is 12.6. The molecule has 0 aliphatic heterocycles. The van der Waals surface area contributed by atoms with Gasteiger partial charge in [0, 0.05) is 17.1 Å². The Kier molecular flexibility index (Phi) is 7.21. The second-order valence-corrected chi connectivity index (χ2v) is 7.74. The third-order valence-corrected chi connectivity index (χ3v) is 5.32. The third-order valence-electron chi connectivity index (χ3n) is 4.78. The Bertz CT molecular complexity index is 1140. The van der Waals surface area contributed by atoms with Crippen LogP contribution in [0, 0.1) is 6.92 Å². The SMILES string of the molecule is CCOc1ccc(-c2ccc(C)c(C(=O)O)c2)cc1CNC(=O)c1ccc(Cl)cc1Cl. The largest absolute Gasteiger partial charge is 0.494 e. The molecule has 0 spiro atoms. The highest BCUT2D eigenvalue weighted by Crippen LogP contribution is 2.29. The standard InChI is InChI=1S/C24H21Cl2NO4/c1-3-31-22-9-6-15(16-5-4-14(2)20(11-16)24(29)30)10-17(22)13-27-23(28)19-8-7-18(25)12-21(19)26/h4-12H,3,13H2,1-2H3,(H,27,28)(H,29,30).